The Bertz CT molecular complexity index is 1330. The van der Waals surface area contributed by atoms with E-state index in [0.717, 1.165) is 27.1 Å². The van der Waals surface area contributed by atoms with Gasteiger partial charge in [0.25, 0.3) is 0 Å². The van der Waals surface area contributed by atoms with E-state index < -0.39 is 0 Å². The average Bonchev–Trinajstić information content (AvgIpc) is 3.43. The molecule has 0 atom stereocenters. The Balaban J connectivity index is 1.48. The number of aromatic nitrogens is 2. The zero-order valence-corrected chi connectivity index (χ0v) is 17.3. The highest BCUT2D eigenvalue weighted by Gasteiger charge is 2.17. The molecule has 0 saturated heterocycles. The zero-order valence-electron chi connectivity index (χ0n) is 14.8. The lowest BCUT2D eigenvalue weighted by Crippen LogP contribution is -2.07. The van der Waals surface area contributed by atoms with Crippen molar-refractivity contribution in [3.8, 4) is 5.88 Å². The molecule has 0 amide bonds. The molecular weight excluding hydrogens is 422 g/mol. The Morgan fingerprint density at radius 1 is 1.03 bits per heavy atom. The molecule has 1 aliphatic heterocycles. The second-order valence-corrected chi connectivity index (χ2v) is 8.86. The van der Waals surface area contributed by atoms with Crippen molar-refractivity contribution in [3.05, 3.63) is 74.6 Å². The number of aromatic hydroxyl groups is 1. The third-order valence-electron chi connectivity index (χ3n) is 4.28. The van der Waals surface area contributed by atoms with E-state index in [1.165, 1.54) is 27.3 Å². The van der Waals surface area contributed by atoms with Gasteiger partial charge in [-0.2, -0.15) is 9.78 Å². The van der Waals surface area contributed by atoms with Crippen LogP contribution in [-0.2, 0) is 0 Å². The standard InChI is InChI=1S/C20H13N5OS3/c26-18-16(10-13-11-21-23-17(13)12-6-2-1-3-7-12)29-20(27)25(18)24-19-22-14-8-4-5-9-15(14)28-19/h1-11,26H,(H,22,24)/b13-10+. The van der Waals surface area contributed by atoms with E-state index in [2.05, 4.69) is 20.6 Å². The highest BCUT2D eigenvalue weighted by Crippen LogP contribution is 2.31. The number of anilines is 1. The Labute approximate surface area is 178 Å². The highest BCUT2D eigenvalue weighted by molar-refractivity contribution is 7.73. The highest BCUT2D eigenvalue weighted by atomic mass is 32.1. The van der Waals surface area contributed by atoms with E-state index in [-0.39, 0.29) is 5.88 Å². The number of nitrogens with zero attached hydrogens (tertiary/aromatic N) is 4. The number of fused-ring (bicyclic) bond motifs is 1. The van der Waals surface area contributed by atoms with Crippen molar-refractivity contribution in [2.75, 3.05) is 5.43 Å². The Morgan fingerprint density at radius 2 is 1.83 bits per heavy atom. The van der Waals surface area contributed by atoms with Crippen LogP contribution in [0, 0.1) is 3.95 Å². The fourth-order valence-electron chi connectivity index (χ4n) is 2.93. The third-order valence-corrected chi connectivity index (χ3v) is 6.53. The lowest BCUT2D eigenvalue weighted by molar-refractivity contribution is 0.434. The Hall–Kier alpha value is -3.14. The van der Waals surface area contributed by atoms with E-state index in [9.17, 15) is 5.11 Å². The summed E-state index contributed by atoms with van der Waals surface area (Å²) in [5.41, 5.74) is 6.54. The number of para-hydroxylation sites is 1. The molecule has 1 aliphatic rings. The summed E-state index contributed by atoms with van der Waals surface area (Å²) in [6.07, 6.45) is 3.52. The molecule has 0 aliphatic carbocycles. The molecule has 2 aromatic carbocycles. The summed E-state index contributed by atoms with van der Waals surface area (Å²) in [4.78, 5) is 5.15. The van der Waals surface area contributed by atoms with Crippen LogP contribution in [0.15, 0.2) is 70.4 Å². The SMILES string of the molecule is Oc1c(/C=C2\C=NN=C2c2ccccc2)sc(=S)n1Nc1nc2ccccc2s1. The van der Waals surface area contributed by atoms with Crippen LogP contribution in [0.1, 0.15) is 10.4 Å². The number of nitrogens with one attached hydrogen (secondary N) is 1. The third kappa shape index (κ3) is 3.39. The second-order valence-electron chi connectivity index (χ2n) is 6.15. The first kappa shape index (κ1) is 17.9. The predicted molar refractivity (Wildman–Crippen MR) is 123 cm³/mol. The summed E-state index contributed by atoms with van der Waals surface area (Å²) in [5.74, 6) is 0.0273. The molecule has 0 radical (unpaired) electrons. The van der Waals surface area contributed by atoms with E-state index in [4.69, 9.17) is 12.2 Å². The fraction of sp³-hybridized carbons (Fsp3) is 0. The van der Waals surface area contributed by atoms with Gasteiger partial charge in [-0.1, -0.05) is 65.1 Å². The molecule has 29 heavy (non-hydrogen) atoms. The number of hydrogen-bond acceptors (Lipinski definition) is 8. The van der Waals surface area contributed by atoms with Gasteiger partial charge in [0.1, 0.15) is 5.71 Å². The van der Waals surface area contributed by atoms with Gasteiger partial charge in [-0.15, -0.1) is 5.10 Å². The number of benzene rings is 2. The van der Waals surface area contributed by atoms with Crippen molar-refractivity contribution < 1.29 is 5.11 Å². The smallest absolute Gasteiger partial charge is 0.230 e. The molecule has 2 aromatic heterocycles. The molecule has 0 bridgehead atoms. The molecule has 6 nitrogen and oxygen atoms in total. The maximum absolute atomic E-state index is 10.8. The van der Waals surface area contributed by atoms with Gasteiger partial charge < -0.3 is 5.11 Å². The lowest BCUT2D eigenvalue weighted by Gasteiger charge is -2.05. The Kier molecular flexibility index (Phi) is 4.55. The predicted octanol–water partition coefficient (Wildman–Crippen LogP) is 5.34. The maximum Gasteiger partial charge on any atom is 0.230 e. The largest absolute Gasteiger partial charge is 0.492 e. The van der Waals surface area contributed by atoms with Crippen molar-refractivity contribution in [2.24, 2.45) is 10.2 Å². The first-order chi connectivity index (χ1) is 14.2. The van der Waals surface area contributed by atoms with Gasteiger partial charge in [-0.05, 0) is 30.4 Å². The summed E-state index contributed by atoms with van der Waals surface area (Å²) < 4.78 is 3.02. The molecule has 0 fully saturated rings. The van der Waals surface area contributed by atoms with Gasteiger partial charge in [-0.3, -0.25) is 5.43 Å². The van der Waals surface area contributed by atoms with Crippen LogP contribution in [-0.4, -0.2) is 26.7 Å². The van der Waals surface area contributed by atoms with Crippen LogP contribution in [0.5, 0.6) is 5.88 Å². The van der Waals surface area contributed by atoms with Gasteiger partial charge in [0.05, 0.1) is 21.3 Å². The second kappa shape index (κ2) is 7.36. The first-order valence-electron chi connectivity index (χ1n) is 8.65. The van der Waals surface area contributed by atoms with E-state index in [0.29, 0.717) is 14.0 Å². The van der Waals surface area contributed by atoms with Crippen LogP contribution in [0.3, 0.4) is 0 Å². The summed E-state index contributed by atoms with van der Waals surface area (Å²) in [7, 11) is 0. The zero-order chi connectivity index (χ0) is 19.8. The van der Waals surface area contributed by atoms with Crippen LogP contribution in [0.25, 0.3) is 16.3 Å². The number of hydrogen-bond donors (Lipinski definition) is 2. The minimum Gasteiger partial charge on any atom is -0.492 e. The topological polar surface area (TPSA) is 74.8 Å². The molecule has 5 rings (SSSR count). The van der Waals surface area contributed by atoms with Crippen LogP contribution in [0.2, 0.25) is 0 Å². The monoisotopic (exact) mass is 435 g/mol. The first-order valence-corrected chi connectivity index (χ1v) is 10.7. The normalized spacial score (nSPS) is 14.6. The molecule has 4 aromatic rings. The minimum absolute atomic E-state index is 0.0273. The van der Waals surface area contributed by atoms with Gasteiger partial charge >= 0.3 is 0 Å². The maximum atomic E-state index is 10.8. The number of allylic oxidation sites excluding steroid dienone is 1. The summed E-state index contributed by atoms with van der Waals surface area (Å²) in [5, 5.41) is 19.7. The van der Waals surface area contributed by atoms with Crippen LogP contribution in [0.4, 0.5) is 5.13 Å². The van der Waals surface area contributed by atoms with E-state index in [1.54, 1.807) is 6.21 Å². The average molecular weight is 436 g/mol. The minimum atomic E-state index is 0.0273. The van der Waals surface area contributed by atoms with Crippen molar-refractivity contribution in [1.29, 1.82) is 0 Å². The van der Waals surface area contributed by atoms with Crippen molar-refractivity contribution in [1.82, 2.24) is 9.66 Å². The summed E-state index contributed by atoms with van der Waals surface area (Å²) in [6.45, 7) is 0. The quantitative estimate of drug-likeness (QED) is 0.424. The molecule has 9 heteroatoms. The molecule has 2 N–H and O–H groups in total. The summed E-state index contributed by atoms with van der Waals surface area (Å²) >= 11 is 8.24. The van der Waals surface area contributed by atoms with Crippen molar-refractivity contribution in [2.45, 2.75) is 0 Å². The number of rotatable bonds is 4. The van der Waals surface area contributed by atoms with Crippen molar-refractivity contribution >= 4 is 68.2 Å². The molecule has 3 heterocycles. The van der Waals surface area contributed by atoms with Gasteiger partial charge in [-0.25, -0.2) is 4.98 Å². The number of thiazole rings is 2. The summed E-state index contributed by atoms with van der Waals surface area (Å²) in [6, 6.07) is 17.7. The van der Waals surface area contributed by atoms with Gasteiger partial charge in [0.15, 0.2) is 3.95 Å². The molecule has 142 valence electrons. The van der Waals surface area contributed by atoms with E-state index >= 15 is 0 Å². The Morgan fingerprint density at radius 3 is 2.66 bits per heavy atom. The van der Waals surface area contributed by atoms with Crippen molar-refractivity contribution in [3.63, 3.8) is 0 Å². The molecule has 0 spiro atoms. The molecular formula is C20H13N5OS3. The molecule has 0 saturated carbocycles. The fourth-order valence-corrected chi connectivity index (χ4v) is 4.96. The van der Waals surface area contributed by atoms with Gasteiger partial charge in [0.2, 0.25) is 11.0 Å². The van der Waals surface area contributed by atoms with Crippen LogP contribution >= 0.6 is 34.9 Å². The molecule has 0 unspecified atom stereocenters. The van der Waals surface area contributed by atoms with Crippen LogP contribution < -0.4 is 5.43 Å². The van der Waals surface area contributed by atoms with Gasteiger partial charge in [0, 0.05) is 11.1 Å². The van der Waals surface area contributed by atoms with E-state index in [1.807, 2.05) is 60.7 Å². The lowest BCUT2D eigenvalue weighted by atomic mass is 10.0.